The molecule has 1 nitrogen and oxygen atoms in total. The Labute approximate surface area is 111 Å². The van der Waals surface area contributed by atoms with E-state index >= 15 is 0 Å². The van der Waals surface area contributed by atoms with Gasteiger partial charge in [-0.05, 0) is 31.2 Å². The standard InChI is InChI=1S/C17H23N/c1-14(17(2)11-7-12-17)18-13-6-10-16(18)15-8-4-3-5-9-15/h3-5,8-9,16H,1,6-7,10-13H2,2H3. The maximum atomic E-state index is 4.43. The van der Waals surface area contributed by atoms with Crippen LogP contribution in [0.15, 0.2) is 42.6 Å². The van der Waals surface area contributed by atoms with Gasteiger partial charge < -0.3 is 4.90 Å². The van der Waals surface area contributed by atoms with Gasteiger partial charge >= 0.3 is 0 Å². The number of benzene rings is 1. The number of likely N-dealkylation sites (tertiary alicyclic amines) is 1. The van der Waals surface area contributed by atoms with Crippen LogP contribution in [0.25, 0.3) is 0 Å². The van der Waals surface area contributed by atoms with Crippen molar-refractivity contribution in [2.75, 3.05) is 6.54 Å². The molecule has 0 amide bonds. The quantitative estimate of drug-likeness (QED) is 0.751. The molecule has 0 spiro atoms. The van der Waals surface area contributed by atoms with Crippen LogP contribution in [0.4, 0.5) is 0 Å². The third-order valence-corrected chi connectivity index (χ3v) is 4.94. The third-order valence-electron chi connectivity index (χ3n) is 4.94. The van der Waals surface area contributed by atoms with Gasteiger partial charge in [0.1, 0.15) is 0 Å². The zero-order chi connectivity index (χ0) is 12.6. The average Bonchev–Trinajstić information content (AvgIpc) is 2.85. The van der Waals surface area contributed by atoms with Gasteiger partial charge in [0.25, 0.3) is 0 Å². The zero-order valence-electron chi connectivity index (χ0n) is 11.4. The van der Waals surface area contributed by atoms with Crippen LogP contribution < -0.4 is 0 Å². The minimum Gasteiger partial charge on any atom is -0.368 e. The molecule has 3 rings (SSSR count). The summed E-state index contributed by atoms with van der Waals surface area (Å²) < 4.78 is 0. The highest BCUT2D eigenvalue weighted by molar-refractivity contribution is 5.24. The molecule has 2 fully saturated rings. The van der Waals surface area contributed by atoms with Crippen molar-refractivity contribution in [1.29, 1.82) is 0 Å². The van der Waals surface area contributed by atoms with E-state index in [0.717, 1.165) is 0 Å². The van der Waals surface area contributed by atoms with Crippen molar-refractivity contribution >= 4 is 0 Å². The lowest BCUT2D eigenvalue weighted by atomic mass is 9.68. The Bertz CT molecular complexity index is 430. The van der Waals surface area contributed by atoms with E-state index in [9.17, 15) is 0 Å². The van der Waals surface area contributed by atoms with Crippen LogP contribution in [0.2, 0.25) is 0 Å². The first-order chi connectivity index (χ1) is 8.71. The predicted octanol–water partition coefficient (Wildman–Crippen LogP) is 4.53. The molecule has 0 bridgehead atoms. The first kappa shape index (κ1) is 11.8. The van der Waals surface area contributed by atoms with Crippen LogP contribution in [-0.2, 0) is 0 Å². The second-order valence-corrected chi connectivity index (χ2v) is 6.12. The van der Waals surface area contributed by atoms with E-state index in [-0.39, 0.29) is 0 Å². The van der Waals surface area contributed by atoms with E-state index in [0.29, 0.717) is 11.5 Å². The largest absolute Gasteiger partial charge is 0.368 e. The molecule has 2 aliphatic rings. The highest BCUT2D eigenvalue weighted by Crippen LogP contribution is 2.50. The Morgan fingerprint density at radius 2 is 1.94 bits per heavy atom. The van der Waals surface area contributed by atoms with Gasteiger partial charge in [-0.15, -0.1) is 0 Å². The van der Waals surface area contributed by atoms with E-state index in [1.54, 1.807) is 0 Å². The van der Waals surface area contributed by atoms with Crippen molar-refractivity contribution in [1.82, 2.24) is 4.90 Å². The number of allylic oxidation sites excluding steroid dienone is 1. The molecule has 1 saturated heterocycles. The van der Waals surface area contributed by atoms with Crippen LogP contribution >= 0.6 is 0 Å². The van der Waals surface area contributed by atoms with Gasteiger partial charge in [0.05, 0.1) is 6.04 Å². The third kappa shape index (κ3) is 1.86. The fourth-order valence-corrected chi connectivity index (χ4v) is 3.45. The minimum absolute atomic E-state index is 0.386. The molecular weight excluding hydrogens is 218 g/mol. The smallest absolute Gasteiger partial charge is 0.0540 e. The Morgan fingerprint density at radius 3 is 2.56 bits per heavy atom. The minimum atomic E-state index is 0.386. The monoisotopic (exact) mass is 241 g/mol. The Hall–Kier alpha value is -1.24. The molecular formula is C17H23N. The molecule has 18 heavy (non-hydrogen) atoms. The molecule has 1 saturated carbocycles. The number of hydrogen-bond acceptors (Lipinski definition) is 1. The van der Waals surface area contributed by atoms with Crippen LogP contribution in [-0.4, -0.2) is 11.4 Å². The van der Waals surface area contributed by atoms with Crippen molar-refractivity contribution in [3.63, 3.8) is 0 Å². The normalized spacial score (nSPS) is 25.8. The molecule has 1 aliphatic carbocycles. The highest BCUT2D eigenvalue weighted by Gasteiger charge is 2.40. The summed E-state index contributed by atoms with van der Waals surface area (Å²) in [5.74, 6) is 0. The Kier molecular flexibility index (Phi) is 2.93. The Balaban J connectivity index is 1.81. The zero-order valence-corrected chi connectivity index (χ0v) is 11.4. The lowest BCUT2D eigenvalue weighted by Crippen LogP contribution is -2.37. The number of hydrogen-bond donors (Lipinski definition) is 0. The van der Waals surface area contributed by atoms with Gasteiger partial charge in [0, 0.05) is 17.7 Å². The predicted molar refractivity (Wildman–Crippen MR) is 76.2 cm³/mol. The fourth-order valence-electron chi connectivity index (χ4n) is 3.45. The van der Waals surface area contributed by atoms with Crippen LogP contribution in [0.5, 0.6) is 0 Å². The lowest BCUT2D eigenvalue weighted by Gasteiger charge is -2.45. The van der Waals surface area contributed by atoms with Crippen molar-refractivity contribution in [3.8, 4) is 0 Å². The maximum absolute atomic E-state index is 4.43. The highest BCUT2D eigenvalue weighted by atomic mass is 15.2. The SMILES string of the molecule is C=C(N1CCCC1c1ccccc1)C1(C)CCC1. The topological polar surface area (TPSA) is 3.24 Å². The molecule has 1 aromatic rings. The van der Waals surface area contributed by atoms with Crippen LogP contribution in [0, 0.1) is 5.41 Å². The number of rotatable bonds is 3. The van der Waals surface area contributed by atoms with Crippen molar-refractivity contribution in [2.24, 2.45) is 5.41 Å². The summed E-state index contributed by atoms with van der Waals surface area (Å²) in [7, 11) is 0. The van der Waals surface area contributed by atoms with Gasteiger partial charge in [-0.25, -0.2) is 0 Å². The van der Waals surface area contributed by atoms with Crippen molar-refractivity contribution in [2.45, 2.75) is 45.1 Å². The van der Waals surface area contributed by atoms with E-state index in [2.05, 4.69) is 48.7 Å². The summed E-state index contributed by atoms with van der Waals surface area (Å²) in [5.41, 5.74) is 3.23. The second kappa shape index (κ2) is 4.46. The van der Waals surface area contributed by atoms with Crippen LogP contribution in [0.3, 0.4) is 0 Å². The fraction of sp³-hybridized carbons (Fsp3) is 0.529. The molecule has 96 valence electrons. The Morgan fingerprint density at radius 1 is 1.22 bits per heavy atom. The van der Waals surface area contributed by atoms with Gasteiger partial charge in [-0.3, -0.25) is 0 Å². The molecule has 1 heteroatoms. The maximum Gasteiger partial charge on any atom is 0.0540 e. The van der Waals surface area contributed by atoms with E-state index in [4.69, 9.17) is 0 Å². The first-order valence-electron chi connectivity index (χ1n) is 7.22. The molecule has 1 aromatic carbocycles. The summed E-state index contributed by atoms with van der Waals surface area (Å²) >= 11 is 0. The van der Waals surface area contributed by atoms with E-state index < -0.39 is 0 Å². The lowest BCUT2D eigenvalue weighted by molar-refractivity contribution is 0.141. The van der Waals surface area contributed by atoms with Gasteiger partial charge in [0.2, 0.25) is 0 Å². The summed E-state index contributed by atoms with van der Waals surface area (Å²) in [4.78, 5) is 2.58. The van der Waals surface area contributed by atoms with Crippen molar-refractivity contribution < 1.29 is 0 Å². The summed E-state index contributed by atoms with van der Waals surface area (Å²) in [6.07, 6.45) is 6.60. The molecule has 1 heterocycles. The van der Waals surface area contributed by atoms with E-state index in [1.165, 1.54) is 49.9 Å². The first-order valence-corrected chi connectivity index (χ1v) is 7.22. The summed E-state index contributed by atoms with van der Waals surface area (Å²) in [6, 6.07) is 11.5. The van der Waals surface area contributed by atoms with Crippen LogP contribution in [0.1, 0.15) is 50.6 Å². The van der Waals surface area contributed by atoms with Crippen molar-refractivity contribution in [3.05, 3.63) is 48.2 Å². The molecule has 1 atom stereocenters. The molecule has 0 N–H and O–H groups in total. The van der Waals surface area contributed by atoms with E-state index in [1.807, 2.05) is 0 Å². The number of nitrogens with zero attached hydrogens (tertiary/aromatic N) is 1. The summed E-state index contributed by atoms with van der Waals surface area (Å²) in [5, 5.41) is 0. The second-order valence-electron chi connectivity index (χ2n) is 6.12. The van der Waals surface area contributed by atoms with Gasteiger partial charge in [-0.2, -0.15) is 0 Å². The van der Waals surface area contributed by atoms with Gasteiger partial charge in [-0.1, -0.05) is 50.3 Å². The molecule has 0 radical (unpaired) electrons. The molecule has 1 aliphatic heterocycles. The molecule has 1 unspecified atom stereocenters. The summed E-state index contributed by atoms with van der Waals surface area (Å²) in [6.45, 7) is 8.01. The molecule has 0 aromatic heterocycles. The van der Waals surface area contributed by atoms with Gasteiger partial charge in [0.15, 0.2) is 0 Å². The average molecular weight is 241 g/mol.